The van der Waals surface area contributed by atoms with E-state index >= 15 is 0 Å². The van der Waals surface area contributed by atoms with Crippen molar-refractivity contribution in [2.75, 3.05) is 5.32 Å². The van der Waals surface area contributed by atoms with Gasteiger partial charge in [0, 0.05) is 22.2 Å². The predicted octanol–water partition coefficient (Wildman–Crippen LogP) is 3.97. The monoisotopic (exact) mass is 295 g/mol. The zero-order valence-electron chi connectivity index (χ0n) is 11.7. The van der Waals surface area contributed by atoms with E-state index in [0.29, 0.717) is 16.1 Å². The Hall–Kier alpha value is -2.58. The average molecular weight is 295 g/mol. The van der Waals surface area contributed by atoms with Gasteiger partial charge in [0.25, 0.3) is 5.91 Å². The summed E-state index contributed by atoms with van der Waals surface area (Å²) in [4.78, 5) is 15.6. The lowest BCUT2D eigenvalue weighted by molar-refractivity contribution is 0.102. The molecule has 0 spiro atoms. The zero-order chi connectivity index (χ0) is 15.0. The largest absolute Gasteiger partial charge is 0.358 e. The molecule has 0 aliphatic carbocycles. The van der Waals surface area contributed by atoms with Crippen molar-refractivity contribution in [3.05, 3.63) is 52.0 Å². The number of benzene rings is 1. The van der Waals surface area contributed by atoms with Gasteiger partial charge in [-0.25, -0.2) is 0 Å². The number of thiophene rings is 1. The number of fused-ring (bicyclic) bond motifs is 1. The van der Waals surface area contributed by atoms with Crippen molar-refractivity contribution in [1.29, 1.82) is 5.26 Å². The first-order chi connectivity index (χ1) is 10.1. The fourth-order valence-electron chi connectivity index (χ4n) is 2.27. The Morgan fingerprint density at radius 2 is 2.14 bits per heavy atom. The molecule has 104 valence electrons. The first-order valence-electron chi connectivity index (χ1n) is 6.48. The van der Waals surface area contributed by atoms with Gasteiger partial charge in [-0.2, -0.15) is 5.26 Å². The Morgan fingerprint density at radius 3 is 2.90 bits per heavy atom. The molecule has 0 saturated heterocycles. The number of nitriles is 1. The lowest BCUT2D eigenvalue weighted by atomic mass is 10.1. The highest BCUT2D eigenvalue weighted by molar-refractivity contribution is 7.14. The van der Waals surface area contributed by atoms with Crippen LogP contribution in [0.15, 0.2) is 29.6 Å². The number of carbonyl (C=O) groups is 1. The van der Waals surface area contributed by atoms with Crippen molar-refractivity contribution in [2.24, 2.45) is 0 Å². The fourth-order valence-corrected chi connectivity index (χ4v) is 3.00. The van der Waals surface area contributed by atoms with Gasteiger partial charge in [0.1, 0.15) is 11.1 Å². The van der Waals surface area contributed by atoms with Crippen LogP contribution in [0.3, 0.4) is 0 Å². The first kappa shape index (κ1) is 13.4. The Balaban J connectivity index is 1.95. The van der Waals surface area contributed by atoms with E-state index < -0.39 is 0 Å². The van der Waals surface area contributed by atoms with Crippen LogP contribution in [0.25, 0.3) is 10.9 Å². The van der Waals surface area contributed by atoms with Gasteiger partial charge in [0.05, 0.1) is 5.56 Å². The third kappa shape index (κ3) is 2.30. The molecule has 0 unspecified atom stereocenters. The summed E-state index contributed by atoms with van der Waals surface area (Å²) < 4.78 is 0. The second kappa shape index (κ2) is 5.08. The molecule has 0 bridgehead atoms. The molecule has 1 aromatic carbocycles. The summed E-state index contributed by atoms with van der Waals surface area (Å²) in [6.45, 7) is 4.04. The van der Waals surface area contributed by atoms with Gasteiger partial charge in [-0.1, -0.05) is 0 Å². The predicted molar refractivity (Wildman–Crippen MR) is 84.8 cm³/mol. The third-order valence-corrected chi connectivity index (χ3v) is 4.41. The topological polar surface area (TPSA) is 68.7 Å². The molecule has 2 heterocycles. The molecule has 0 atom stereocenters. The van der Waals surface area contributed by atoms with E-state index in [0.717, 1.165) is 22.2 Å². The second-order valence-corrected chi connectivity index (χ2v) is 5.78. The van der Waals surface area contributed by atoms with E-state index in [2.05, 4.69) is 16.4 Å². The van der Waals surface area contributed by atoms with Crippen LogP contribution in [0.5, 0.6) is 0 Å². The van der Waals surface area contributed by atoms with Crippen LogP contribution >= 0.6 is 11.3 Å². The highest BCUT2D eigenvalue weighted by atomic mass is 32.1. The number of rotatable bonds is 2. The van der Waals surface area contributed by atoms with Gasteiger partial charge in [0.15, 0.2) is 0 Å². The molecular weight excluding hydrogens is 282 g/mol. The average Bonchev–Trinajstić information content (AvgIpc) is 3.04. The number of anilines is 1. The Morgan fingerprint density at radius 1 is 1.33 bits per heavy atom. The number of H-pyrrole nitrogens is 1. The summed E-state index contributed by atoms with van der Waals surface area (Å²) in [5, 5.41) is 15.2. The van der Waals surface area contributed by atoms with Crippen LogP contribution in [0, 0.1) is 25.2 Å². The van der Waals surface area contributed by atoms with E-state index in [1.165, 1.54) is 11.3 Å². The van der Waals surface area contributed by atoms with Crippen molar-refractivity contribution in [3.63, 3.8) is 0 Å². The van der Waals surface area contributed by atoms with Crippen molar-refractivity contribution in [2.45, 2.75) is 13.8 Å². The number of aryl methyl sites for hydroxylation is 2. The van der Waals surface area contributed by atoms with Gasteiger partial charge in [-0.05, 0) is 49.1 Å². The molecule has 5 heteroatoms. The highest BCUT2D eigenvalue weighted by Gasteiger charge is 2.12. The summed E-state index contributed by atoms with van der Waals surface area (Å²) >= 11 is 1.35. The SMILES string of the molecule is Cc1[nH]c2ccc(C(=O)Nc3sccc3C#N)cc2c1C. The summed E-state index contributed by atoms with van der Waals surface area (Å²) in [6, 6.07) is 9.33. The lowest BCUT2D eigenvalue weighted by Gasteiger charge is -2.04. The van der Waals surface area contributed by atoms with Crippen LogP contribution in [0.1, 0.15) is 27.2 Å². The molecule has 0 radical (unpaired) electrons. The molecule has 3 rings (SSSR count). The van der Waals surface area contributed by atoms with E-state index in [1.807, 2.05) is 26.0 Å². The summed E-state index contributed by atoms with van der Waals surface area (Å²) in [7, 11) is 0. The minimum atomic E-state index is -0.200. The third-order valence-electron chi connectivity index (χ3n) is 3.58. The van der Waals surface area contributed by atoms with Crippen LogP contribution in [0.4, 0.5) is 5.00 Å². The molecule has 3 aromatic rings. The van der Waals surface area contributed by atoms with Gasteiger partial charge in [-0.3, -0.25) is 4.79 Å². The van der Waals surface area contributed by atoms with E-state index in [9.17, 15) is 4.79 Å². The lowest BCUT2D eigenvalue weighted by Crippen LogP contribution is -2.11. The van der Waals surface area contributed by atoms with Gasteiger partial charge in [-0.15, -0.1) is 11.3 Å². The molecule has 21 heavy (non-hydrogen) atoms. The normalized spacial score (nSPS) is 10.5. The molecule has 4 nitrogen and oxygen atoms in total. The van der Waals surface area contributed by atoms with Crippen molar-refractivity contribution < 1.29 is 4.79 Å². The maximum Gasteiger partial charge on any atom is 0.256 e. The van der Waals surface area contributed by atoms with Crippen molar-refractivity contribution in [3.8, 4) is 6.07 Å². The number of hydrogen-bond acceptors (Lipinski definition) is 3. The van der Waals surface area contributed by atoms with Crippen LogP contribution < -0.4 is 5.32 Å². The number of aromatic nitrogens is 1. The molecule has 2 N–H and O–H groups in total. The maximum atomic E-state index is 12.3. The molecule has 0 aliphatic heterocycles. The first-order valence-corrected chi connectivity index (χ1v) is 7.36. The Kier molecular flexibility index (Phi) is 3.24. The van der Waals surface area contributed by atoms with Crippen LogP contribution in [-0.2, 0) is 0 Å². The van der Waals surface area contributed by atoms with Crippen molar-refractivity contribution >= 4 is 33.1 Å². The Bertz CT molecular complexity index is 883. The molecule has 0 fully saturated rings. The molecule has 0 aliphatic rings. The number of nitrogens with zero attached hydrogens (tertiary/aromatic N) is 1. The summed E-state index contributed by atoms with van der Waals surface area (Å²) in [5.41, 5.74) is 4.35. The minimum absolute atomic E-state index is 0.200. The van der Waals surface area contributed by atoms with Gasteiger partial charge in [0.2, 0.25) is 0 Å². The maximum absolute atomic E-state index is 12.3. The number of aromatic amines is 1. The smallest absolute Gasteiger partial charge is 0.256 e. The number of nitrogens with one attached hydrogen (secondary N) is 2. The summed E-state index contributed by atoms with van der Waals surface area (Å²) in [6.07, 6.45) is 0. The van der Waals surface area contributed by atoms with Crippen LogP contribution in [-0.4, -0.2) is 10.9 Å². The quantitative estimate of drug-likeness (QED) is 0.751. The highest BCUT2D eigenvalue weighted by Crippen LogP contribution is 2.25. The number of amides is 1. The fraction of sp³-hybridized carbons (Fsp3) is 0.125. The minimum Gasteiger partial charge on any atom is -0.358 e. The number of hydrogen-bond donors (Lipinski definition) is 2. The van der Waals surface area contributed by atoms with Gasteiger partial charge >= 0.3 is 0 Å². The van der Waals surface area contributed by atoms with Crippen LogP contribution in [0.2, 0.25) is 0 Å². The molecule has 0 saturated carbocycles. The molecule has 1 amide bonds. The van der Waals surface area contributed by atoms with E-state index in [-0.39, 0.29) is 5.91 Å². The Labute approximate surface area is 126 Å². The number of carbonyl (C=O) groups excluding carboxylic acids is 1. The van der Waals surface area contributed by atoms with E-state index in [1.54, 1.807) is 17.5 Å². The van der Waals surface area contributed by atoms with Gasteiger partial charge < -0.3 is 10.3 Å². The summed E-state index contributed by atoms with van der Waals surface area (Å²) in [5.74, 6) is -0.200. The molecular formula is C16H13N3OS. The molecule has 2 aromatic heterocycles. The second-order valence-electron chi connectivity index (χ2n) is 4.86. The van der Waals surface area contributed by atoms with E-state index in [4.69, 9.17) is 5.26 Å². The van der Waals surface area contributed by atoms with Crippen molar-refractivity contribution in [1.82, 2.24) is 4.98 Å². The standard InChI is InChI=1S/C16H13N3OS/c1-9-10(2)18-14-4-3-11(7-13(9)14)15(20)19-16-12(8-17)5-6-21-16/h3-7,18H,1-2H3,(H,19,20). The zero-order valence-corrected chi connectivity index (χ0v) is 12.5.